The fraction of sp³-hybridized carbons (Fsp3) is 0.368. The van der Waals surface area contributed by atoms with E-state index in [0.29, 0.717) is 21.5 Å². The number of hydrogen-bond donors (Lipinski definition) is 2. The van der Waals surface area contributed by atoms with E-state index in [-0.39, 0.29) is 11.7 Å². The van der Waals surface area contributed by atoms with Crippen molar-refractivity contribution in [3.63, 3.8) is 0 Å². The second-order valence-electron chi connectivity index (χ2n) is 6.87. The maximum Gasteiger partial charge on any atom is 0.251 e. The average molecular weight is 432 g/mol. The lowest BCUT2D eigenvalue weighted by Gasteiger charge is -2.11. The Hall–Kier alpha value is -2.59. The number of hydrogen-bond acceptors (Lipinski definition) is 7. The van der Waals surface area contributed by atoms with Crippen LogP contribution in [0, 0.1) is 6.92 Å². The van der Waals surface area contributed by atoms with Crippen molar-refractivity contribution in [2.75, 3.05) is 11.1 Å². The lowest BCUT2D eigenvalue weighted by Crippen LogP contribution is -2.19. The van der Waals surface area contributed by atoms with Crippen molar-refractivity contribution in [3.8, 4) is 11.4 Å². The molecule has 152 valence electrons. The van der Waals surface area contributed by atoms with Gasteiger partial charge in [-0.1, -0.05) is 11.8 Å². The summed E-state index contributed by atoms with van der Waals surface area (Å²) in [6, 6.07) is 1.84. The van der Waals surface area contributed by atoms with Crippen LogP contribution in [0.2, 0.25) is 0 Å². The van der Waals surface area contributed by atoms with E-state index in [1.165, 1.54) is 23.1 Å². The van der Waals surface area contributed by atoms with E-state index < -0.39 is 5.91 Å². The van der Waals surface area contributed by atoms with Gasteiger partial charge < -0.3 is 20.0 Å². The number of rotatable bonds is 6. The minimum absolute atomic E-state index is 0.150. The van der Waals surface area contributed by atoms with Crippen molar-refractivity contribution < 1.29 is 14.0 Å². The number of amides is 2. The summed E-state index contributed by atoms with van der Waals surface area (Å²) in [6.07, 6.45) is 5.51. The molecule has 3 aromatic rings. The summed E-state index contributed by atoms with van der Waals surface area (Å²) in [5, 5.41) is 12.4. The number of carbonyl (C=O) groups excluding carboxylic acids is 2. The molecule has 2 amide bonds. The summed E-state index contributed by atoms with van der Waals surface area (Å²) >= 11 is 2.74. The van der Waals surface area contributed by atoms with Crippen LogP contribution in [0.1, 0.15) is 39.4 Å². The molecule has 0 radical (unpaired) electrons. The van der Waals surface area contributed by atoms with Crippen LogP contribution in [0.3, 0.4) is 0 Å². The summed E-state index contributed by atoms with van der Waals surface area (Å²) < 4.78 is 7.15. The van der Waals surface area contributed by atoms with Gasteiger partial charge in [-0.05, 0) is 44.2 Å². The Morgan fingerprint density at radius 3 is 2.86 bits per heavy atom. The highest BCUT2D eigenvalue weighted by Crippen LogP contribution is 2.38. The molecule has 0 saturated carbocycles. The maximum atomic E-state index is 12.5. The molecule has 8 nitrogen and oxygen atoms in total. The summed E-state index contributed by atoms with van der Waals surface area (Å²) in [6.45, 7) is 1.86. The molecule has 1 aliphatic carbocycles. The van der Waals surface area contributed by atoms with Crippen LogP contribution < -0.4 is 11.1 Å². The van der Waals surface area contributed by atoms with Crippen LogP contribution in [0.4, 0.5) is 5.00 Å². The third-order valence-corrected chi connectivity index (χ3v) is 7.17. The van der Waals surface area contributed by atoms with E-state index in [1.807, 2.05) is 24.6 Å². The van der Waals surface area contributed by atoms with Crippen molar-refractivity contribution in [3.05, 3.63) is 34.1 Å². The van der Waals surface area contributed by atoms with Crippen LogP contribution in [0.5, 0.6) is 0 Å². The largest absolute Gasteiger partial charge is 0.469 e. The zero-order valence-corrected chi connectivity index (χ0v) is 17.8. The molecule has 29 heavy (non-hydrogen) atoms. The molecule has 0 bridgehead atoms. The molecular formula is C19H21N5O3S2. The molecule has 4 rings (SSSR count). The number of aryl methyl sites for hydroxylation is 2. The van der Waals surface area contributed by atoms with E-state index in [9.17, 15) is 9.59 Å². The van der Waals surface area contributed by atoms with E-state index in [2.05, 4.69) is 15.5 Å². The minimum atomic E-state index is -0.485. The first-order valence-electron chi connectivity index (χ1n) is 9.26. The molecule has 1 aliphatic rings. The molecule has 3 heterocycles. The van der Waals surface area contributed by atoms with Crippen molar-refractivity contribution in [2.45, 2.75) is 37.8 Å². The number of thiophene rings is 1. The highest BCUT2D eigenvalue weighted by atomic mass is 32.2. The number of anilines is 1. The number of aromatic nitrogens is 3. The summed E-state index contributed by atoms with van der Waals surface area (Å²) in [7, 11) is 1.85. The first-order valence-corrected chi connectivity index (χ1v) is 11.1. The number of furan rings is 1. The van der Waals surface area contributed by atoms with Gasteiger partial charge in [-0.2, -0.15) is 0 Å². The summed E-state index contributed by atoms with van der Waals surface area (Å²) in [5.74, 6) is 0.898. The van der Waals surface area contributed by atoms with Crippen LogP contribution in [-0.2, 0) is 24.7 Å². The number of nitrogens with two attached hydrogens (primary N) is 1. The number of nitrogens with zero attached hydrogens (tertiary/aromatic N) is 3. The molecule has 0 fully saturated rings. The Bertz CT molecular complexity index is 1080. The Labute approximate surface area is 175 Å². The van der Waals surface area contributed by atoms with Gasteiger partial charge in [-0.15, -0.1) is 21.5 Å². The quantitative estimate of drug-likeness (QED) is 0.579. The Morgan fingerprint density at radius 2 is 2.14 bits per heavy atom. The number of fused-ring (bicyclic) bond motifs is 1. The first-order chi connectivity index (χ1) is 14.0. The highest BCUT2D eigenvalue weighted by Gasteiger charge is 2.25. The third-order valence-electron chi connectivity index (χ3n) is 4.94. The van der Waals surface area contributed by atoms with Gasteiger partial charge in [0, 0.05) is 11.9 Å². The van der Waals surface area contributed by atoms with Gasteiger partial charge in [-0.25, -0.2) is 0 Å². The SMILES string of the molecule is Cc1occc1-c1nnc(SCC(=O)Nc2sc3c(c2C(N)=O)CCCC3)n1C. The summed E-state index contributed by atoms with van der Waals surface area (Å²) in [4.78, 5) is 25.6. The van der Waals surface area contributed by atoms with Gasteiger partial charge in [0.05, 0.1) is 23.1 Å². The Kier molecular flexibility index (Phi) is 5.46. The molecular weight excluding hydrogens is 410 g/mol. The smallest absolute Gasteiger partial charge is 0.251 e. The second kappa shape index (κ2) is 8.03. The number of thioether (sulfide) groups is 1. The predicted molar refractivity (Wildman–Crippen MR) is 112 cm³/mol. The van der Waals surface area contributed by atoms with Crippen molar-refractivity contribution in [1.29, 1.82) is 0 Å². The van der Waals surface area contributed by atoms with Gasteiger partial charge in [0.25, 0.3) is 5.91 Å². The Morgan fingerprint density at radius 1 is 1.34 bits per heavy atom. The predicted octanol–water partition coefficient (Wildman–Crippen LogP) is 3.15. The van der Waals surface area contributed by atoms with Gasteiger partial charge in [-0.3, -0.25) is 9.59 Å². The van der Waals surface area contributed by atoms with Gasteiger partial charge in [0.15, 0.2) is 11.0 Å². The van der Waals surface area contributed by atoms with Crippen molar-refractivity contribution in [2.24, 2.45) is 12.8 Å². The van der Waals surface area contributed by atoms with Gasteiger partial charge in [0.1, 0.15) is 10.8 Å². The molecule has 0 aliphatic heterocycles. The minimum Gasteiger partial charge on any atom is -0.469 e. The van der Waals surface area contributed by atoms with Crippen LogP contribution in [0.25, 0.3) is 11.4 Å². The molecule has 0 saturated heterocycles. The lowest BCUT2D eigenvalue weighted by atomic mass is 9.95. The summed E-state index contributed by atoms with van der Waals surface area (Å²) in [5.41, 5.74) is 7.93. The van der Waals surface area contributed by atoms with E-state index in [0.717, 1.165) is 47.4 Å². The standard InChI is InChI=1S/C19H21N5O3S2/c1-10-11(7-8-27-10)17-22-23-19(24(17)2)28-9-14(25)21-18-15(16(20)26)12-5-3-4-6-13(12)29-18/h7-8H,3-6,9H2,1-2H3,(H2,20,26)(H,21,25). The number of nitrogens with one attached hydrogen (secondary N) is 1. The topological polar surface area (TPSA) is 116 Å². The first kappa shape index (κ1) is 19.7. The monoisotopic (exact) mass is 431 g/mol. The zero-order chi connectivity index (χ0) is 20.5. The lowest BCUT2D eigenvalue weighted by molar-refractivity contribution is -0.113. The number of primary amides is 1. The molecule has 0 atom stereocenters. The van der Waals surface area contributed by atoms with Gasteiger partial charge >= 0.3 is 0 Å². The normalized spacial score (nSPS) is 13.3. The van der Waals surface area contributed by atoms with Crippen LogP contribution >= 0.6 is 23.1 Å². The van der Waals surface area contributed by atoms with E-state index in [4.69, 9.17) is 10.2 Å². The van der Waals surface area contributed by atoms with Crippen molar-refractivity contribution in [1.82, 2.24) is 14.8 Å². The molecule has 3 N–H and O–H groups in total. The molecule has 0 unspecified atom stereocenters. The van der Waals surface area contributed by atoms with Crippen molar-refractivity contribution >= 4 is 39.9 Å². The third kappa shape index (κ3) is 3.82. The maximum absolute atomic E-state index is 12.5. The Balaban J connectivity index is 1.45. The van der Waals surface area contributed by atoms with E-state index >= 15 is 0 Å². The fourth-order valence-electron chi connectivity index (χ4n) is 3.50. The molecule has 3 aromatic heterocycles. The fourth-order valence-corrected chi connectivity index (χ4v) is 5.52. The molecule has 10 heteroatoms. The van der Waals surface area contributed by atoms with Crippen LogP contribution in [-0.4, -0.2) is 32.3 Å². The zero-order valence-electron chi connectivity index (χ0n) is 16.2. The van der Waals surface area contributed by atoms with Crippen LogP contribution in [0.15, 0.2) is 21.9 Å². The molecule has 0 spiro atoms. The molecule has 0 aromatic carbocycles. The second-order valence-corrected chi connectivity index (χ2v) is 8.92. The van der Waals surface area contributed by atoms with E-state index in [1.54, 1.807) is 6.26 Å². The number of carbonyl (C=O) groups is 2. The highest BCUT2D eigenvalue weighted by molar-refractivity contribution is 7.99. The average Bonchev–Trinajstić information content (AvgIpc) is 3.36. The van der Waals surface area contributed by atoms with Gasteiger partial charge in [0.2, 0.25) is 5.91 Å².